The summed E-state index contributed by atoms with van der Waals surface area (Å²) in [7, 11) is 0. The summed E-state index contributed by atoms with van der Waals surface area (Å²) in [6.45, 7) is 7.67. The van der Waals surface area contributed by atoms with Gasteiger partial charge in [-0.15, -0.1) is 0 Å². The van der Waals surface area contributed by atoms with E-state index in [0.29, 0.717) is 6.04 Å². The van der Waals surface area contributed by atoms with Crippen LogP contribution in [-0.4, -0.2) is 6.54 Å². The molecule has 2 unspecified atom stereocenters. The average molecular weight is 226 g/mol. The van der Waals surface area contributed by atoms with Gasteiger partial charge in [-0.2, -0.15) is 0 Å². The van der Waals surface area contributed by atoms with Gasteiger partial charge in [-0.1, -0.05) is 50.1 Å². The van der Waals surface area contributed by atoms with E-state index < -0.39 is 0 Å². The number of rotatable bonds is 5. The summed E-state index contributed by atoms with van der Waals surface area (Å²) in [6.07, 6.45) is 1.21. The Bertz CT molecular complexity index is 298. The second-order valence-electron chi connectivity index (χ2n) is 4.16. The molecule has 0 heterocycles. The van der Waals surface area contributed by atoms with Gasteiger partial charge in [0, 0.05) is 11.1 Å². The van der Waals surface area contributed by atoms with Gasteiger partial charge >= 0.3 is 0 Å². The Kier molecular flexibility index (Phi) is 5.13. The highest BCUT2D eigenvalue weighted by molar-refractivity contribution is 6.31. The van der Waals surface area contributed by atoms with E-state index in [2.05, 4.69) is 32.2 Å². The maximum atomic E-state index is 6.13. The van der Waals surface area contributed by atoms with Gasteiger partial charge in [0.2, 0.25) is 0 Å². The van der Waals surface area contributed by atoms with Crippen molar-refractivity contribution in [3.8, 4) is 0 Å². The maximum Gasteiger partial charge on any atom is 0.0453 e. The highest BCUT2D eigenvalue weighted by Gasteiger charge is 2.09. The SMILES string of the molecule is CCC(C)CNC(C)c1ccccc1Cl. The minimum Gasteiger partial charge on any atom is -0.310 e. The molecule has 15 heavy (non-hydrogen) atoms. The van der Waals surface area contributed by atoms with Crippen molar-refractivity contribution in [2.75, 3.05) is 6.54 Å². The molecule has 0 spiro atoms. The van der Waals surface area contributed by atoms with Crippen LogP contribution in [0.15, 0.2) is 24.3 Å². The monoisotopic (exact) mass is 225 g/mol. The quantitative estimate of drug-likeness (QED) is 0.798. The second-order valence-corrected chi connectivity index (χ2v) is 4.57. The van der Waals surface area contributed by atoms with Gasteiger partial charge in [-0.05, 0) is 31.0 Å². The lowest BCUT2D eigenvalue weighted by atomic mass is 10.1. The zero-order chi connectivity index (χ0) is 11.3. The summed E-state index contributed by atoms with van der Waals surface area (Å²) in [6, 6.07) is 8.35. The van der Waals surface area contributed by atoms with Crippen LogP contribution in [0.1, 0.15) is 38.8 Å². The van der Waals surface area contributed by atoms with E-state index in [4.69, 9.17) is 11.6 Å². The molecule has 2 heteroatoms. The van der Waals surface area contributed by atoms with E-state index >= 15 is 0 Å². The van der Waals surface area contributed by atoms with Crippen LogP contribution in [0.25, 0.3) is 0 Å². The third kappa shape index (κ3) is 3.84. The summed E-state index contributed by atoms with van der Waals surface area (Å²) < 4.78 is 0. The third-order valence-corrected chi connectivity index (χ3v) is 3.19. The standard InChI is InChI=1S/C13H20ClN/c1-4-10(2)9-15-11(3)12-7-5-6-8-13(12)14/h5-8,10-11,15H,4,9H2,1-3H3. The highest BCUT2D eigenvalue weighted by Crippen LogP contribution is 2.22. The van der Waals surface area contributed by atoms with Crippen LogP contribution in [-0.2, 0) is 0 Å². The van der Waals surface area contributed by atoms with E-state index in [0.717, 1.165) is 17.5 Å². The van der Waals surface area contributed by atoms with Crippen molar-refractivity contribution in [1.82, 2.24) is 5.32 Å². The van der Waals surface area contributed by atoms with E-state index in [1.807, 2.05) is 18.2 Å². The summed E-state index contributed by atoms with van der Waals surface area (Å²) in [4.78, 5) is 0. The van der Waals surface area contributed by atoms with Crippen molar-refractivity contribution in [2.45, 2.75) is 33.2 Å². The number of nitrogens with one attached hydrogen (secondary N) is 1. The van der Waals surface area contributed by atoms with Crippen LogP contribution in [0.5, 0.6) is 0 Å². The highest BCUT2D eigenvalue weighted by atomic mass is 35.5. The molecule has 1 N–H and O–H groups in total. The molecule has 0 fully saturated rings. The Morgan fingerprint density at radius 1 is 1.27 bits per heavy atom. The molecule has 2 atom stereocenters. The molecule has 0 saturated carbocycles. The van der Waals surface area contributed by atoms with E-state index in [1.54, 1.807) is 0 Å². The largest absolute Gasteiger partial charge is 0.310 e. The molecule has 1 rings (SSSR count). The van der Waals surface area contributed by atoms with Gasteiger partial charge in [0.25, 0.3) is 0 Å². The minimum atomic E-state index is 0.327. The predicted molar refractivity (Wildman–Crippen MR) is 67.3 cm³/mol. The average Bonchev–Trinajstić information content (AvgIpc) is 2.26. The molecule has 0 bridgehead atoms. The Morgan fingerprint density at radius 3 is 2.53 bits per heavy atom. The molecular formula is C13H20ClN. The Balaban J connectivity index is 2.54. The molecule has 1 aromatic rings. The van der Waals surface area contributed by atoms with Crippen molar-refractivity contribution in [1.29, 1.82) is 0 Å². The van der Waals surface area contributed by atoms with Crippen molar-refractivity contribution < 1.29 is 0 Å². The molecule has 84 valence electrons. The molecule has 0 radical (unpaired) electrons. The zero-order valence-electron chi connectivity index (χ0n) is 9.76. The smallest absolute Gasteiger partial charge is 0.0453 e. The first-order valence-corrected chi connectivity index (χ1v) is 6.00. The Morgan fingerprint density at radius 2 is 1.93 bits per heavy atom. The fourth-order valence-corrected chi connectivity index (χ4v) is 1.76. The molecule has 1 nitrogen and oxygen atoms in total. The predicted octanol–water partition coefficient (Wildman–Crippen LogP) is 4.04. The van der Waals surface area contributed by atoms with E-state index in [1.165, 1.54) is 12.0 Å². The van der Waals surface area contributed by atoms with E-state index in [-0.39, 0.29) is 0 Å². The van der Waals surface area contributed by atoms with Crippen LogP contribution in [0.2, 0.25) is 5.02 Å². The topological polar surface area (TPSA) is 12.0 Å². The van der Waals surface area contributed by atoms with Crippen molar-refractivity contribution in [3.63, 3.8) is 0 Å². The lowest BCUT2D eigenvalue weighted by molar-refractivity contribution is 0.461. The van der Waals surface area contributed by atoms with Gasteiger partial charge < -0.3 is 5.32 Å². The number of benzene rings is 1. The lowest BCUT2D eigenvalue weighted by Gasteiger charge is -2.18. The minimum absolute atomic E-state index is 0.327. The molecule has 0 amide bonds. The van der Waals surface area contributed by atoms with Crippen LogP contribution >= 0.6 is 11.6 Å². The van der Waals surface area contributed by atoms with E-state index in [9.17, 15) is 0 Å². The molecule has 0 aliphatic carbocycles. The van der Waals surface area contributed by atoms with Gasteiger partial charge in [-0.3, -0.25) is 0 Å². The summed E-state index contributed by atoms with van der Waals surface area (Å²) in [5, 5.41) is 4.35. The molecule has 0 aliphatic heterocycles. The third-order valence-electron chi connectivity index (χ3n) is 2.84. The number of hydrogen-bond acceptors (Lipinski definition) is 1. The van der Waals surface area contributed by atoms with Crippen molar-refractivity contribution in [3.05, 3.63) is 34.9 Å². The fraction of sp³-hybridized carbons (Fsp3) is 0.538. The summed E-state index contributed by atoms with van der Waals surface area (Å²) >= 11 is 6.13. The maximum absolute atomic E-state index is 6.13. The molecular weight excluding hydrogens is 206 g/mol. The molecule has 0 saturated heterocycles. The number of hydrogen-bond donors (Lipinski definition) is 1. The summed E-state index contributed by atoms with van der Waals surface area (Å²) in [5.41, 5.74) is 1.18. The lowest BCUT2D eigenvalue weighted by Crippen LogP contribution is -2.24. The first-order valence-electron chi connectivity index (χ1n) is 5.63. The summed E-state index contributed by atoms with van der Waals surface area (Å²) in [5.74, 6) is 0.718. The van der Waals surface area contributed by atoms with Gasteiger partial charge in [0.05, 0.1) is 0 Å². The normalized spacial score (nSPS) is 14.9. The second kappa shape index (κ2) is 6.14. The molecule has 0 aliphatic rings. The van der Waals surface area contributed by atoms with Crippen LogP contribution in [0, 0.1) is 5.92 Å². The molecule has 0 aromatic heterocycles. The molecule has 1 aromatic carbocycles. The fourth-order valence-electron chi connectivity index (χ4n) is 1.46. The number of halogens is 1. The first kappa shape index (κ1) is 12.5. The first-order chi connectivity index (χ1) is 7.15. The van der Waals surface area contributed by atoms with Crippen LogP contribution in [0.4, 0.5) is 0 Å². The van der Waals surface area contributed by atoms with Gasteiger partial charge in [-0.25, -0.2) is 0 Å². The van der Waals surface area contributed by atoms with Crippen LogP contribution < -0.4 is 5.32 Å². The van der Waals surface area contributed by atoms with Crippen LogP contribution in [0.3, 0.4) is 0 Å². The Hall–Kier alpha value is -0.530. The van der Waals surface area contributed by atoms with Crippen molar-refractivity contribution in [2.24, 2.45) is 5.92 Å². The zero-order valence-corrected chi connectivity index (χ0v) is 10.5. The van der Waals surface area contributed by atoms with Crippen molar-refractivity contribution >= 4 is 11.6 Å². The van der Waals surface area contributed by atoms with Gasteiger partial charge in [0.1, 0.15) is 0 Å². The Labute approximate surface area is 97.8 Å². The van der Waals surface area contributed by atoms with Gasteiger partial charge in [0.15, 0.2) is 0 Å².